The second kappa shape index (κ2) is 6.92. The number of ether oxygens (including phenoxy) is 1. The number of aromatic nitrogens is 2. The fourth-order valence-electron chi connectivity index (χ4n) is 3.50. The zero-order valence-electron chi connectivity index (χ0n) is 13.9. The lowest BCUT2D eigenvalue weighted by atomic mass is 9.97. The smallest absolute Gasteiger partial charge is 0.251 e. The van der Waals surface area contributed by atoms with E-state index < -0.39 is 0 Å². The number of piperidine rings is 1. The van der Waals surface area contributed by atoms with Crippen LogP contribution < -0.4 is 0 Å². The number of nitrogens with zero attached hydrogens (tertiary/aromatic N) is 3. The first-order valence-corrected chi connectivity index (χ1v) is 8.70. The van der Waals surface area contributed by atoms with E-state index in [0.29, 0.717) is 30.4 Å². The van der Waals surface area contributed by atoms with Gasteiger partial charge < -0.3 is 14.2 Å². The molecule has 2 fully saturated rings. The highest BCUT2D eigenvalue weighted by atomic mass is 19.1. The van der Waals surface area contributed by atoms with Crippen molar-refractivity contribution in [2.24, 2.45) is 0 Å². The SMILES string of the molecule is O=C([C@@H]1CCCO1)N1CCC[C@H](c2nc(-c3cccc(F)c3)no2)C1. The highest BCUT2D eigenvalue weighted by molar-refractivity contribution is 5.81. The molecule has 2 aromatic rings. The van der Waals surface area contributed by atoms with Gasteiger partial charge in [0.1, 0.15) is 11.9 Å². The average molecular weight is 345 g/mol. The van der Waals surface area contributed by atoms with Crippen molar-refractivity contribution in [2.75, 3.05) is 19.7 Å². The first-order valence-electron chi connectivity index (χ1n) is 8.70. The van der Waals surface area contributed by atoms with E-state index in [2.05, 4.69) is 10.1 Å². The molecule has 2 saturated heterocycles. The van der Waals surface area contributed by atoms with Gasteiger partial charge >= 0.3 is 0 Å². The van der Waals surface area contributed by atoms with Crippen LogP contribution in [0, 0.1) is 5.82 Å². The van der Waals surface area contributed by atoms with Gasteiger partial charge in [-0.3, -0.25) is 4.79 Å². The number of likely N-dealkylation sites (tertiary alicyclic amines) is 1. The minimum atomic E-state index is -0.338. The van der Waals surface area contributed by atoms with Crippen molar-refractivity contribution in [1.82, 2.24) is 15.0 Å². The molecule has 0 spiro atoms. The number of benzene rings is 1. The molecule has 1 aromatic heterocycles. The van der Waals surface area contributed by atoms with Gasteiger partial charge in [0.25, 0.3) is 5.91 Å². The van der Waals surface area contributed by atoms with Crippen molar-refractivity contribution in [1.29, 1.82) is 0 Å². The molecule has 6 nitrogen and oxygen atoms in total. The third kappa shape index (κ3) is 3.42. The second-order valence-corrected chi connectivity index (χ2v) is 6.59. The lowest BCUT2D eigenvalue weighted by Crippen LogP contribution is -2.44. The molecule has 2 aliphatic heterocycles. The molecule has 2 aliphatic rings. The zero-order valence-corrected chi connectivity index (χ0v) is 13.9. The molecule has 0 aliphatic carbocycles. The molecule has 0 N–H and O–H groups in total. The number of carbonyl (C=O) groups is 1. The molecule has 4 rings (SSSR count). The normalized spacial score (nSPS) is 23.8. The van der Waals surface area contributed by atoms with E-state index >= 15 is 0 Å². The largest absolute Gasteiger partial charge is 0.368 e. The monoisotopic (exact) mass is 345 g/mol. The van der Waals surface area contributed by atoms with Crippen molar-refractivity contribution in [3.8, 4) is 11.4 Å². The standard InChI is InChI=1S/C18H20FN3O3/c19-14-6-1-4-12(10-14)16-20-17(25-21-16)13-5-2-8-22(11-13)18(23)15-7-3-9-24-15/h1,4,6,10,13,15H,2-3,5,7-9,11H2/t13-,15-/m0/s1. The minimum absolute atomic E-state index is 0.00825. The molecule has 3 heterocycles. The highest BCUT2D eigenvalue weighted by Crippen LogP contribution is 2.29. The minimum Gasteiger partial charge on any atom is -0.368 e. The lowest BCUT2D eigenvalue weighted by molar-refractivity contribution is -0.142. The third-order valence-corrected chi connectivity index (χ3v) is 4.81. The molecule has 0 saturated carbocycles. The summed E-state index contributed by atoms with van der Waals surface area (Å²) in [6.45, 7) is 1.96. The van der Waals surface area contributed by atoms with E-state index in [1.165, 1.54) is 12.1 Å². The quantitative estimate of drug-likeness (QED) is 0.856. The van der Waals surface area contributed by atoms with Crippen molar-refractivity contribution >= 4 is 5.91 Å². The van der Waals surface area contributed by atoms with Gasteiger partial charge in [0.2, 0.25) is 11.7 Å². The summed E-state index contributed by atoms with van der Waals surface area (Å²) >= 11 is 0. The maximum Gasteiger partial charge on any atom is 0.251 e. The second-order valence-electron chi connectivity index (χ2n) is 6.59. The predicted molar refractivity (Wildman–Crippen MR) is 87.2 cm³/mol. The third-order valence-electron chi connectivity index (χ3n) is 4.81. The molecular weight excluding hydrogens is 325 g/mol. The van der Waals surface area contributed by atoms with Gasteiger partial charge in [-0.15, -0.1) is 0 Å². The van der Waals surface area contributed by atoms with Gasteiger partial charge in [0.05, 0.1) is 5.92 Å². The summed E-state index contributed by atoms with van der Waals surface area (Å²) in [5, 5.41) is 3.97. The maximum absolute atomic E-state index is 13.4. The molecule has 25 heavy (non-hydrogen) atoms. The number of amides is 1. The van der Waals surface area contributed by atoms with Crippen LogP contribution in [0.2, 0.25) is 0 Å². The van der Waals surface area contributed by atoms with Crippen LogP contribution in [-0.2, 0) is 9.53 Å². The molecule has 1 amide bonds. The highest BCUT2D eigenvalue weighted by Gasteiger charge is 2.33. The Bertz CT molecular complexity index is 758. The van der Waals surface area contributed by atoms with Crippen LogP contribution in [0.4, 0.5) is 4.39 Å². The Kier molecular flexibility index (Phi) is 4.48. The van der Waals surface area contributed by atoms with Crippen molar-refractivity contribution in [3.05, 3.63) is 36.0 Å². The lowest BCUT2D eigenvalue weighted by Gasteiger charge is -2.32. The average Bonchev–Trinajstić information content (AvgIpc) is 3.33. The van der Waals surface area contributed by atoms with Crippen LogP contribution in [-0.4, -0.2) is 46.7 Å². The zero-order chi connectivity index (χ0) is 17.2. The first kappa shape index (κ1) is 16.2. The number of rotatable bonds is 3. The predicted octanol–water partition coefficient (Wildman–Crippen LogP) is 2.76. The van der Waals surface area contributed by atoms with Gasteiger partial charge in [0.15, 0.2) is 0 Å². The summed E-state index contributed by atoms with van der Waals surface area (Å²) in [5.41, 5.74) is 0.582. The fraction of sp³-hybridized carbons (Fsp3) is 0.500. The maximum atomic E-state index is 13.4. The molecule has 0 bridgehead atoms. The van der Waals surface area contributed by atoms with E-state index in [1.807, 2.05) is 4.90 Å². The summed E-state index contributed by atoms with van der Waals surface area (Å²) in [4.78, 5) is 18.8. The molecular formula is C18H20FN3O3. The van der Waals surface area contributed by atoms with E-state index in [1.54, 1.807) is 12.1 Å². The van der Waals surface area contributed by atoms with Gasteiger partial charge in [-0.25, -0.2) is 4.39 Å². The van der Waals surface area contributed by atoms with Crippen LogP contribution in [0.5, 0.6) is 0 Å². The van der Waals surface area contributed by atoms with Crippen molar-refractivity contribution in [3.63, 3.8) is 0 Å². The molecule has 0 radical (unpaired) electrons. The topological polar surface area (TPSA) is 68.5 Å². The summed E-state index contributed by atoms with van der Waals surface area (Å²) in [6, 6.07) is 6.11. The number of carbonyl (C=O) groups excluding carboxylic acids is 1. The van der Waals surface area contributed by atoms with Gasteiger partial charge in [-0.2, -0.15) is 4.98 Å². The Hall–Kier alpha value is -2.28. The van der Waals surface area contributed by atoms with Gasteiger partial charge in [-0.05, 0) is 37.8 Å². The van der Waals surface area contributed by atoms with Gasteiger partial charge in [0, 0.05) is 25.3 Å². The summed E-state index contributed by atoms with van der Waals surface area (Å²) in [7, 11) is 0. The number of halogens is 1. The van der Waals surface area contributed by atoms with Crippen LogP contribution >= 0.6 is 0 Å². The Morgan fingerprint density at radius 2 is 2.20 bits per heavy atom. The van der Waals surface area contributed by atoms with Gasteiger partial charge in [-0.1, -0.05) is 17.3 Å². The molecule has 132 valence electrons. The van der Waals surface area contributed by atoms with Crippen molar-refractivity contribution in [2.45, 2.75) is 37.7 Å². The van der Waals surface area contributed by atoms with Crippen molar-refractivity contribution < 1.29 is 18.4 Å². The summed E-state index contributed by atoms with van der Waals surface area (Å²) < 4.78 is 24.3. The van der Waals surface area contributed by atoms with E-state index in [9.17, 15) is 9.18 Å². The number of hydrogen-bond acceptors (Lipinski definition) is 5. The molecule has 1 aromatic carbocycles. The van der Waals surface area contributed by atoms with E-state index in [4.69, 9.17) is 9.26 Å². The van der Waals surface area contributed by atoms with Crippen LogP contribution in [0.15, 0.2) is 28.8 Å². The van der Waals surface area contributed by atoms with E-state index in [0.717, 1.165) is 32.2 Å². The summed E-state index contributed by atoms with van der Waals surface area (Å²) in [5.74, 6) is 0.608. The Labute approximate surface area is 145 Å². The Balaban J connectivity index is 1.47. The van der Waals surface area contributed by atoms with Crippen LogP contribution in [0.1, 0.15) is 37.5 Å². The Morgan fingerprint density at radius 3 is 3.00 bits per heavy atom. The van der Waals surface area contributed by atoms with E-state index in [-0.39, 0.29) is 23.7 Å². The summed E-state index contributed by atoms with van der Waals surface area (Å²) in [6.07, 6.45) is 3.21. The first-order chi connectivity index (χ1) is 12.2. The molecule has 7 heteroatoms. The fourth-order valence-corrected chi connectivity index (χ4v) is 3.50. The number of hydrogen-bond donors (Lipinski definition) is 0. The van der Waals surface area contributed by atoms with Crippen LogP contribution in [0.3, 0.4) is 0 Å². The molecule has 2 atom stereocenters. The Morgan fingerprint density at radius 1 is 1.28 bits per heavy atom. The van der Waals surface area contributed by atoms with Crippen LogP contribution in [0.25, 0.3) is 11.4 Å². The molecule has 0 unspecified atom stereocenters.